The minimum absolute atomic E-state index is 0.178. The number of rotatable bonds is 7. The van der Waals surface area contributed by atoms with Crippen LogP contribution in [-0.2, 0) is 0 Å². The molecule has 4 rings (SSSR count). The first kappa shape index (κ1) is 17.3. The summed E-state index contributed by atoms with van der Waals surface area (Å²) in [5.74, 6) is 0.540. The normalized spacial score (nSPS) is 13.3. The number of amides is 2. The van der Waals surface area contributed by atoms with E-state index in [0.717, 1.165) is 30.4 Å². The number of ether oxygens (including phenoxy) is 1. The van der Waals surface area contributed by atoms with Crippen molar-refractivity contribution < 1.29 is 14.3 Å². The second kappa shape index (κ2) is 7.62. The third-order valence-corrected chi connectivity index (χ3v) is 4.91. The molecular weight excluding hydrogens is 338 g/mol. The van der Waals surface area contributed by atoms with Crippen LogP contribution in [0.2, 0.25) is 0 Å². The van der Waals surface area contributed by atoms with Crippen molar-refractivity contribution in [1.82, 2.24) is 4.90 Å². The van der Waals surface area contributed by atoms with Crippen molar-refractivity contribution in [2.24, 2.45) is 0 Å². The second-order valence-electron chi connectivity index (χ2n) is 6.69. The maximum absolute atomic E-state index is 12.3. The van der Waals surface area contributed by atoms with Gasteiger partial charge in [-0.2, -0.15) is 0 Å². The van der Waals surface area contributed by atoms with Gasteiger partial charge in [0.25, 0.3) is 11.8 Å². The van der Waals surface area contributed by atoms with E-state index in [1.807, 2.05) is 24.3 Å². The molecule has 0 radical (unpaired) electrons. The largest absolute Gasteiger partial charge is 0.493 e. The molecule has 0 saturated carbocycles. The Kier molecular flexibility index (Phi) is 4.88. The van der Waals surface area contributed by atoms with Gasteiger partial charge in [-0.1, -0.05) is 48.5 Å². The van der Waals surface area contributed by atoms with Gasteiger partial charge in [-0.25, -0.2) is 0 Å². The Morgan fingerprint density at radius 2 is 1.37 bits per heavy atom. The summed E-state index contributed by atoms with van der Waals surface area (Å²) < 4.78 is 5.94. The molecule has 0 unspecified atom stereocenters. The smallest absolute Gasteiger partial charge is 0.261 e. The average Bonchev–Trinajstić information content (AvgIpc) is 2.95. The van der Waals surface area contributed by atoms with Crippen molar-refractivity contribution in [2.45, 2.75) is 19.3 Å². The van der Waals surface area contributed by atoms with Gasteiger partial charge in [-0.05, 0) is 42.8 Å². The van der Waals surface area contributed by atoms with Crippen LogP contribution in [0.3, 0.4) is 0 Å². The molecule has 136 valence electrons. The van der Waals surface area contributed by atoms with Crippen molar-refractivity contribution >= 4 is 22.6 Å². The molecule has 3 aromatic rings. The van der Waals surface area contributed by atoms with E-state index in [4.69, 9.17) is 4.74 Å². The van der Waals surface area contributed by atoms with Gasteiger partial charge in [0.05, 0.1) is 17.7 Å². The van der Waals surface area contributed by atoms with Gasteiger partial charge in [-0.15, -0.1) is 0 Å². The molecule has 0 fully saturated rings. The predicted molar refractivity (Wildman–Crippen MR) is 105 cm³/mol. The number of hydrogen-bond donors (Lipinski definition) is 0. The standard InChI is InChI=1S/C23H21NO3/c25-22-19-12-4-5-13-20(19)23(26)24(22)15-6-1-7-16-27-21-14-8-10-17-9-2-3-11-18(17)21/h2-5,8-14H,1,6-7,15-16H2. The highest BCUT2D eigenvalue weighted by Crippen LogP contribution is 2.25. The van der Waals surface area contributed by atoms with Gasteiger partial charge in [0, 0.05) is 11.9 Å². The van der Waals surface area contributed by atoms with Crippen molar-refractivity contribution in [3.63, 3.8) is 0 Å². The van der Waals surface area contributed by atoms with Crippen molar-refractivity contribution in [3.05, 3.63) is 77.9 Å². The zero-order valence-electron chi connectivity index (χ0n) is 15.1. The lowest BCUT2D eigenvalue weighted by Crippen LogP contribution is -2.30. The highest BCUT2D eigenvalue weighted by Gasteiger charge is 2.34. The molecule has 1 heterocycles. The minimum atomic E-state index is -0.178. The van der Waals surface area contributed by atoms with Crippen LogP contribution in [0.1, 0.15) is 40.0 Å². The molecule has 0 spiro atoms. The van der Waals surface area contributed by atoms with Gasteiger partial charge in [0.15, 0.2) is 0 Å². The third-order valence-electron chi connectivity index (χ3n) is 4.91. The zero-order chi connectivity index (χ0) is 18.6. The summed E-state index contributed by atoms with van der Waals surface area (Å²) >= 11 is 0. The summed E-state index contributed by atoms with van der Waals surface area (Å²) in [6.07, 6.45) is 2.56. The summed E-state index contributed by atoms with van der Waals surface area (Å²) in [5.41, 5.74) is 1.03. The molecule has 4 heteroatoms. The van der Waals surface area contributed by atoms with E-state index in [1.165, 1.54) is 10.3 Å². The van der Waals surface area contributed by atoms with E-state index in [2.05, 4.69) is 18.2 Å². The fraction of sp³-hybridized carbons (Fsp3) is 0.217. The van der Waals surface area contributed by atoms with Gasteiger partial charge >= 0.3 is 0 Å². The van der Waals surface area contributed by atoms with E-state index in [0.29, 0.717) is 24.3 Å². The van der Waals surface area contributed by atoms with Crippen molar-refractivity contribution in [1.29, 1.82) is 0 Å². The predicted octanol–water partition coefficient (Wildman–Crippen LogP) is 4.69. The topological polar surface area (TPSA) is 46.6 Å². The molecule has 0 aliphatic carbocycles. The van der Waals surface area contributed by atoms with E-state index in [-0.39, 0.29) is 11.8 Å². The van der Waals surface area contributed by atoms with E-state index in [1.54, 1.807) is 24.3 Å². The Hall–Kier alpha value is -3.14. The first-order valence-electron chi connectivity index (χ1n) is 9.31. The lowest BCUT2D eigenvalue weighted by atomic mass is 10.1. The Bertz CT molecular complexity index is 955. The van der Waals surface area contributed by atoms with Gasteiger partial charge in [0.1, 0.15) is 5.75 Å². The Morgan fingerprint density at radius 1 is 0.704 bits per heavy atom. The van der Waals surface area contributed by atoms with Gasteiger partial charge < -0.3 is 4.74 Å². The maximum Gasteiger partial charge on any atom is 0.261 e. The molecule has 1 aliphatic heterocycles. The third kappa shape index (κ3) is 3.43. The molecule has 0 N–H and O–H groups in total. The lowest BCUT2D eigenvalue weighted by molar-refractivity contribution is 0.0651. The number of fused-ring (bicyclic) bond motifs is 2. The quantitative estimate of drug-likeness (QED) is 0.454. The Balaban J connectivity index is 1.25. The van der Waals surface area contributed by atoms with Crippen LogP contribution < -0.4 is 4.74 Å². The molecular formula is C23H21NO3. The summed E-state index contributed by atoms with van der Waals surface area (Å²) in [5, 5.41) is 2.28. The molecule has 0 saturated heterocycles. The first-order valence-corrected chi connectivity index (χ1v) is 9.31. The Labute approximate surface area is 158 Å². The van der Waals surface area contributed by atoms with E-state index < -0.39 is 0 Å². The first-order chi connectivity index (χ1) is 13.3. The van der Waals surface area contributed by atoms with Crippen molar-refractivity contribution in [2.75, 3.05) is 13.2 Å². The van der Waals surface area contributed by atoms with Crippen LogP contribution in [0.15, 0.2) is 66.7 Å². The molecule has 1 aliphatic rings. The lowest BCUT2D eigenvalue weighted by Gasteiger charge is -2.13. The number of unbranched alkanes of at least 4 members (excludes halogenated alkanes) is 2. The molecule has 4 nitrogen and oxygen atoms in total. The number of nitrogens with zero attached hydrogens (tertiary/aromatic N) is 1. The van der Waals surface area contributed by atoms with Crippen LogP contribution in [-0.4, -0.2) is 29.9 Å². The van der Waals surface area contributed by atoms with Crippen molar-refractivity contribution in [3.8, 4) is 5.75 Å². The molecule has 3 aromatic carbocycles. The molecule has 2 amide bonds. The zero-order valence-corrected chi connectivity index (χ0v) is 15.1. The van der Waals surface area contributed by atoms with Gasteiger partial charge in [-0.3, -0.25) is 14.5 Å². The van der Waals surface area contributed by atoms with E-state index >= 15 is 0 Å². The number of imide groups is 1. The molecule has 0 aromatic heterocycles. The summed E-state index contributed by atoms with van der Waals surface area (Å²) in [7, 11) is 0. The van der Waals surface area contributed by atoms with Gasteiger partial charge in [0.2, 0.25) is 0 Å². The molecule has 0 atom stereocenters. The summed E-state index contributed by atoms with van der Waals surface area (Å²) in [6.45, 7) is 1.08. The minimum Gasteiger partial charge on any atom is -0.493 e. The SMILES string of the molecule is O=C1c2ccccc2C(=O)N1CCCCCOc1cccc2ccccc12. The summed E-state index contributed by atoms with van der Waals surface area (Å²) in [6, 6.07) is 21.2. The van der Waals surface area contributed by atoms with Crippen LogP contribution in [0.5, 0.6) is 5.75 Å². The number of hydrogen-bond acceptors (Lipinski definition) is 3. The summed E-state index contributed by atoms with van der Waals surface area (Å²) in [4.78, 5) is 26.0. The number of carbonyl (C=O) groups excluding carboxylic acids is 2. The monoisotopic (exact) mass is 359 g/mol. The fourth-order valence-corrected chi connectivity index (χ4v) is 3.49. The second-order valence-corrected chi connectivity index (χ2v) is 6.69. The molecule has 0 bridgehead atoms. The number of carbonyl (C=O) groups is 2. The van der Waals surface area contributed by atoms with Crippen LogP contribution in [0, 0.1) is 0 Å². The van der Waals surface area contributed by atoms with Crippen LogP contribution >= 0.6 is 0 Å². The number of benzene rings is 3. The highest BCUT2D eigenvalue weighted by molar-refractivity contribution is 6.21. The van der Waals surface area contributed by atoms with Crippen LogP contribution in [0.4, 0.5) is 0 Å². The maximum atomic E-state index is 12.3. The highest BCUT2D eigenvalue weighted by atomic mass is 16.5. The Morgan fingerprint density at radius 3 is 2.15 bits per heavy atom. The average molecular weight is 359 g/mol. The van der Waals surface area contributed by atoms with E-state index in [9.17, 15) is 9.59 Å². The van der Waals surface area contributed by atoms with Crippen LogP contribution in [0.25, 0.3) is 10.8 Å². The fourth-order valence-electron chi connectivity index (χ4n) is 3.49. The molecule has 27 heavy (non-hydrogen) atoms.